The molecule has 0 aliphatic carbocycles. The second kappa shape index (κ2) is 9.69. The van der Waals surface area contributed by atoms with E-state index in [9.17, 15) is 9.59 Å². The lowest BCUT2D eigenvalue weighted by Gasteiger charge is -2.14. The van der Waals surface area contributed by atoms with Gasteiger partial charge in [-0.3, -0.25) is 14.5 Å². The van der Waals surface area contributed by atoms with Gasteiger partial charge in [0.1, 0.15) is 4.32 Å². The molecule has 2 aromatic rings. The van der Waals surface area contributed by atoms with Gasteiger partial charge in [0.2, 0.25) is 5.91 Å². The maximum Gasteiger partial charge on any atom is 0.266 e. The topological polar surface area (TPSA) is 49.4 Å². The molecule has 0 radical (unpaired) electrons. The lowest BCUT2D eigenvalue weighted by atomic mass is 10.1. The van der Waals surface area contributed by atoms with Gasteiger partial charge in [0.25, 0.3) is 5.91 Å². The van der Waals surface area contributed by atoms with E-state index in [2.05, 4.69) is 21.2 Å². The summed E-state index contributed by atoms with van der Waals surface area (Å²) < 4.78 is 1.52. The number of aryl methyl sites for hydroxylation is 2. The van der Waals surface area contributed by atoms with Gasteiger partial charge in [0.15, 0.2) is 0 Å². The zero-order chi connectivity index (χ0) is 21.0. The number of halogens is 1. The fourth-order valence-corrected chi connectivity index (χ4v) is 4.42. The predicted molar refractivity (Wildman–Crippen MR) is 128 cm³/mol. The molecule has 3 rings (SSSR count). The number of amides is 2. The van der Waals surface area contributed by atoms with Crippen LogP contribution in [-0.2, 0) is 9.59 Å². The van der Waals surface area contributed by atoms with Crippen LogP contribution in [0.15, 0.2) is 51.8 Å². The molecule has 29 heavy (non-hydrogen) atoms. The summed E-state index contributed by atoms with van der Waals surface area (Å²) >= 11 is 10.1. The highest BCUT2D eigenvalue weighted by atomic mass is 79.9. The van der Waals surface area contributed by atoms with Crippen LogP contribution in [0, 0.1) is 13.8 Å². The van der Waals surface area contributed by atoms with E-state index in [1.54, 1.807) is 4.90 Å². The molecule has 1 aliphatic rings. The van der Waals surface area contributed by atoms with E-state index in [0.29, 0.717) is 28.6 Å². The predicted octanol–water partition coefficient (Wildman–Crippen LogP) is 5.69. The minimum Gasteiger partial charge on any atom is -0.326 e. The van der Waals surface area contributed by atoms with Crippen molar-refractivity contribution in [2.45, 2.75) is 26.7 Å². The highest BCUT2D eigenvalue weighted by Crippen LogP contribution is 2.32. The van der Waals surface area contributed by atoms with E-state index >= 15 is 0 Å². The van der Waals surface area contributed by atoms with Crippen molar-refractivity contribution in [1.29, 1.82) is 0 Å². The number of hydrogen-bond acceptors (Lipinski definition) is 4. The number of rotatable bonds is 6. The van der Waals surface area contributed by atoms with Crippen molar-refractivity contribution in [2.24, 2.45) is 0 Å². The molecule has 1 N–H and O–H groups in total. The standard InChI is InChI=1S/C22H21BrN2O2S2/c1-14-5-10-18(12-15(14)2)24-20(26)4-3-11-25-21(27)19(29-22(25)28)13-16-6-8-17(23)9-7-16/h5-10,12-13H,3-4,11H2,1-2H3,(H,24,26). The van der Waals surface area contributed by atoms with Crippen LogP contribution in [0.25, 0.3) is 6.08 Å². The second-order valence-electron chi connectivity index (χ2n) is 6.84. The Balaban J connectivity index is 1.53. The fraction of sp³-hybridized carbons (Fsp3) is 0.227. The summed E-state index contributed by atoms with van der Waals surface area (Å²) in [5.74, 6) is -0.165. The van der Waals surface area contributed by atoms with E-state index < -0.39 is 0 Å². The summed E-state index contributed by atoms with van der Waals surface area (Å²) in [5.41, 5.74) is 4.06. The van der Waals surface area contributed by atoms with Crippen LogP contribution in [-0.4, -0.2) is 27.6 Å². The van der Waals surface area contributed by atoms with Gasteiger partial charge in [0, 0.05) is 23.1 Å². The lowest BCUT2D eigenvalue weighted by Crippen LogP contribution is -2.29. The monoisotopic (exact) mass is 488 g/mol. The molecule has 1 aliphatic heterocycles. The quantitative estimate of drug-likeness (QED) is 0.419. The summed E-state index contributed by atoms with van der Waals surface area (Å²) in [4.78, 5) is 27.1. The Kier molecular flexibility index (Phi) is 7.27. The molecule has 0 atom stereocenters. The molecule has 7 heteroatoms. The van der Waals surface area contributed by atoms with Gasteiger partial charge in [-0.05, 0) is 67.3 Å². The van der Waals surface area contributed by atoms with Crippen LogP contribution in [0.5, 0.6) is 0 Å². The number of carbonyl (C=O) groups is 2. The van der Waals surface area contributed by atoms with Gasteiger partial charge in [-0.1, -0.05) is 58.1 Å². The van der Waals surface area contributed by atoms with Crippen LogP contribution in [0.4, 0.5) is 5.69 Å². The van der Waals surface area contributed by atoms with Crippen LogP contribution in [0.2, 0.25) is 0 Å². The van der Waals surface area contributed by atoms with Crippen molar-refractivity contribution in [1.82, 2.24) is 4.90 Å². The summed E-state index contributed by atoms with van der Waals surface area (Å²) in [6.45, 7) is 4.49. The molecule has 0 saturated carbocycles. The first-order valence-corrected chi connectivity index (χ1v) is 11.2. The molecule has 4 nitrogen and oxygen atoms in total. The van der Waals surface area contributed by atoms with Crippen molar-refractivity contribution in [3.8, 4) is 0 Å². The van der Waals surface area contributed by atoms with Crippen LogP contribution in [0.3, 0.4) is 0 Å². The van der Waals surface area contributed by atoms with Crippen molar-refractivity contribution in [2.75, 3.05) is 11.9 Å². The molecular formula is C22H21BrN2O2S2. The van der Waals surface area contributed by atoms with E-state index in [1.807, 2.05) is 62.4 Å². The molecule has 1 fully saturated rings. The molecule has 2 amide bonds. The molecule has 1 heterocycles. The van der Waals surface area contributed by atoms with E-state index in [-0.39, 0.29) is 11.8 Å². The van der Waals surface area contributed by atoms with Gasteiger partial charge in [-0.2, -0.15) is 0 Å². The van der Waals surface area contributed by atoms with Crippen molar-refractivity contribution < 1.29 is 9.59 Å². The molecule has 0 spiro atoms. The number of nitrogens with zero attached hydrogens (tertiary/aromatic N) is 1. The van der Waals surface area contributed by atoms with Crippen molar-refractivity contribution in [3.05, 3.63) is 68.5 Å². The average molecular weight is 489 g/mol. The zero-order valence-corrected chi connectivity index (χ0v) is 19.4. The van der Waals surface area contributed by atoms with Gasteiger partial charge < -0.3 is 5.32 Å². The van der Waals surface area contributed by atoms with Crippen molar-refractivity contribution >= 4 is 67.8 Å². The first kappa shape index (κ1) is 21.7. The maximum atomic E-state index is 12.7. The van der Waals surface area contributed by atoms with Crippen LogP contribution < -0.4 is 5.32 Å². The highest BCUT2D eigenvalue weighted by Gasteiger charge is 2.31. The number of thioether (sulfide) groups is 1. The number of hydrogen-bond donors (Lipinski definition) is 1. The van der Waals surface area contributed by atoms with Crippen LogP contribution >= 0.6 is 39.9 Å². The van der Waals surface area contributed by atoms with Gasteiger partial charge in [-0.15, -0.1) is 0 Å². The molecular weight excluding hydrogens is 468 g/mol. The Labute approximate surface area is 188 Å². The third-order valence-electron chi connectivity index (χ3n) is 4.62. The number of nitrogens with one attached hydrogen (secondary N) is 1. The number of carbonyl (C=O) groups excluding carboxylic acids is 2. The molecule has 1 saturated heterocycles. The third kappa shape index (κ3) is 5.78. The normalized spacial score (nSPS) is 15.3. The molecule has 2 aromatic carbocycles. The Hall–Kier alpha value is -1.96. The van der Waals surface area contributed by atoms with Crippen LogP contribution in [0.1, 0.15) is 29.5 Å². The van der Waals surface area contributed by atoms with E-state index in [0.717, 1.165) is 21.3 Å². The first-order valence-electron chi connectivity index (χ1n) is 9.21. The summed E-state index contributed by atoms with van der Waals surface area (Å²) in [6.07, 6.45) is 2.72. The minimum atomic E-state index is -0.0995. The third-order valence-corrected chi connectivity index (χ3v) is 6.52. The Morgan fingerprint density at radius 1 is 1.17 bits per heavy atom. The molecule has 150 valence electrons. The summed E-state index contributed by atoms with van der Waals surface area (Å²) in [6, 6.07) is 13.6. The molecule has 0 bridgehead atoms. The smallest absolute Gasteiger partial charge is 0.266 e. The lowest BCUT2D eigenvalue weighted by molar-refractivity contribution is -0.122. The SMILES string of the molecule is Cc1ccc(NC(=O)CCCN2C(=O)C(=Cc3ccc(Br)cc3)SC2=S)cc1C. The highest BCUT2D eigenvalue weighted by molar-refractivity contribution is 9.10. The van der Waals surface area contributed by atoms with Gasteiger partial charge in [0.05, 0.1) is 4.91 Å². The molecule has 0 unspecified atom stereocenters. The zero-order valence-electron chi connectivity index (χ0n) is 16.2. The minimum absolute atomic E-state index is 0.0656. The fourth-order valence-electron chi connectivity index (χ4n) is 2.84. The van der Waals surface area contributed by atoms with Crippen molar-refractivity contribution in [3.63, 3.8) is 0 Å². The second-order valence-corrected chi connectivity index (χ2v) is 9.43. The Morgan fingerprint density at radius 3 is 2.59 bits per heavy atom. The van der Waals surface area contributed by atoms with Gasteiger partial charge in [-0.25, -0.2) is 0 Å². The Morgan fingerprint density at radius 2 is 1.90 bits per heavy atom. The molecule has 0 aromatic heterocycles. The summed E-state index contributed by atoms with van der Waals surface area (Å²) in [7, 11) is 0. The maximum absolute atomic E-state index is 12.7. The van der Waals surface area contributed by atoms with E-state index in [4.69, 9.17) is 12.2 Å². The van der Waals surface area contributed by atoms with Gasteiger partial charge >= 0.3 is 0 Å². The first-order chi connectivity index (χ1) is 13.8. The number of benzene rings is 2. The van der Waals surface area contributed by atoms with E-state index in [1.165, 1.54) is 17.3 Å². The average Bonchev–Trinajstić information content (AvgIpc) is 2.94. The largest absolute Gasteiger partial charge is 0.326 e. The Bertz CT molecular complexity index is 987. The summed E-state index contributed by atoms with van der Waals surface area (Å²) in [5, 5.41) is 2.91. The number of thiocarbonyl (C=S) groups is 1. The number of anilines is 1.